The average molecular weight is 627 g/mol. The Morgan fingerprint density at radius 3 is 1.13 bits per heavy atom. The predicted octanol–water partition coefficient (Wildman–Crippen LogP) is 8.36. The fourth-order valence-electron chi connectivity index (χ4n) is 4.52. The van der Waals surface area contributed by atoms with E-state index >= 15 is 8.78 Å². The molecule has 6 aromatic rings. The van der Waals surface area contributed by atoms with Crippen LogP contribution in [0.4, 0.5) is 35.1 Å². The van der Waals surface area contributed by atoms with Gasteiger partial charge in [-0.15, -0.1) is 0 Å². The molecule has 228 valence electrons. The van der Waals surface area contributed by atoms with Crippen molar-refractivity contribution in [3.8, 4) is 33.9 Å². The Balaban J connectivity index is 1.53. The van der Waals surface area contributed by atoms with E-state index in [1.54, 1.807) is 60.7 Å². The van der Waals surface area contributed by atoms with E-state index in [2.05, 4.69) is 20.2 Å². The van der Waals surface area contributed by atoms with Crippen molar-refractivity contribution in [3.05, 3.63) is 132 Å². The summed E-state index contributed by atoms with van der Waals surface area (Å²) in [6.07, 6.45) is -7.67. The predicted molar refractivity (Wildman–Crippen MR) is 147 cm³/mol. The monoisotopic (exact) mass is 626 g/mol. The van der Waals surface area contributed by atoms with Gasteiger partial charge in [0.15, 0.2) is 23.0 Å². The van der Waals surface area contributed by atoms with Crippen molar-refractivity contribution >= 4 is 0 Å². The molecule has 0 amide bonds. The topological polar surface area (TPSA) is 61.4 Å². The van der Waals surface area contributed by atoms with Gasteiger partial charge in [-0.25, -0.2) is 19.3 Å². The SMILES string of the molecule is FC(F)(F)c1ccn(-c2cc(-c3ccccc3)cc(C(F)(F)c3cc(-c4ccccc4)cc(-n4ccc(C(F)(F)F)n4)n3)n2)n1. The van der Waals surface area contributed by atoms with Gasteiger partial charge in [0.2, 0.25) is 0 Å². The zero-order chi connectivity index (χ0) is 32.0. The van der Waals surface area contributed by atoms with Gasteiger partial charge in [-0.2, -0.15) is 45.3 Å². The molecule has 6 nitrogen and oxygen atoms in total. The quantitative estimate of drug-likeness (QED) is 0.174. The van der Waals surface area contributed by atoms with Crippen LogP contribution in [0, 0.1) is 0 Å². The highest BCUT2D eigenvalue weighted by molar-refractivity contribution is 5.68. The molecule has 0 radical (unpaired) electrons. The van der Waals surface area contributed by atoms with Crippen molar-refractivity contribution < 1.29 is 35.1 Å². The van der Waals surface area contributed by atoms with Crippen LogP contribution in [-0.4, -0.2) is 29.5 Å². The molecule has 0 N–H and O–H groups in total. The van der Waals surface area contributed by atoms with Crippen molar-refractivity contribution in [3.63, 3.8) is 0 Å². The summed E-state index contributed by atoms with van der Waals surface area (Å²) in [6, 6.07) is 22.6. The van der Waals surface area contributed by atoms with Gasteiger partial charge in [0.1, 0.15) is 11.4 Å². The third-order valence-electron chi connectivity index (χ3n) is 6.71. The number of halogens is 8. The van der Waals surface area contributed by atoms with E-state index in [4.69, 9.17) is 0 Å². The molecule has 0 aliphatic heterocycles. The molecule has 2 aromatic carbocycles. The zero-order valence-corrected chi connectivity index (χ0v) is 22.6. The van der Waals surface area contributed by atoms with Gasteiger partial charge in [0.05, 0.1) is 0 Å². The van der Waals surface area contributed by atoms with Crippen LogP contribution in [0.2, 0.25) is 0 Å². The highest BCUT2D eigenvalue weighted by atomic mass is 19.4. The highest BCUT2D eigenvalue weighted by Crippen LogP contribution is 2.39. The lowest BCUT2D eigenvalue weighted by atomic mass is 10.0. The van der Waals surface area contributed by atoms with E-state index < -0.39 is 41.1 Å². The third-order valence-corrected chi connectivity index (χ3v) is 6.71. The van der Waals surface area contributed by atoms with E-state index in [0.29, 0.717) is 23.3 Å². The Morgan fingerprint density at radius 1 is 0.422 bits per heavy atom. The first kappa shape index (κ1) is 29.7. The average Bonchev–Trinajstić information content (AvgIpc) is 3.73. The second kappa shape index (κ2) is 10.9. The largest absolute Gasteiger partial charge is 0.435 e. The van der Waals surface area contributed by atoms with Crippen molar-refractivity contribution in [2.24, 2.45) is 0 Å². The second-order valence-corrected chi connectivity index (χ2v) is 9.79. The Bertz CT molecular complexity index is 1820. The van der Waals surface area contributed by atoms with E-state index in [9.17, 15) is 26.3 Å². The fraction of sp³-hybridized carbons (Fsp3) is 0.0968. The van der Waals surface area contributed by atoms with Crippen molar-refractivity contribution in [2.45, 2.75) is 18.3 Å². The Kier molecular flexibility index (Phi) is 7.22. The minimum Gasteiger partial charge on any atom is -0.227 e. The molecule has 0 unspecified atom stereocenters. The molecule has 4 heterocycles. The summed E-state index contributed by atoms with van der Waals surface area (Å²) in [6.45, 7) is 0. The van der Waals surface area contributed by atoms with E-state index in [1.165, 1.54) is 12.1 Å². The minimum atomic E-state index is -4.79. The summed E-state index contributed by atoms with van der Waals surface area (Å²) in [7, 11) is 0. The summed E-state index contributed by atoms with van der Waals surface area (Å²) >= 11 is 0. The van der Waals surface area contributed by atoms with Crippen LogP contribution in [0.15, 0.2) is 109 Å². The van der Waals surface area contributed by atoms with Crippen LogP contribution < -0.4 is 0 Å². The van der Waals surface area contributed by atoms with Gasteiger partial charge >= 0.3 is 18.3 Å². The maximum Gasteiger partial charge on any atom is 0.435 e. The fourth-order valence-corrected chi connectivity index (χ4v) is 4.52. The maximum absolute atomic E-state index is 16.5. The van der Waals surface area contributed by atoms with Gasteiger partial charge in [-0.1, -0.05) is 60.7 Å². The number of alkyl halides is 8. The zero-order valence-electron chi connectivity index (χ0n) is 22.6. The Labute approximate surface area is 249 Å². The molecule has 45 heavy (non-hydrogen) atoms. The number of hydrogen-bond donors (Lipinski definition) is 0. The standard InChI is InChI=1S/C31H18F8N6/c32-29(33,25-15-21(19-7-3-1-4-8-19)17-27(40-25)44-13-11-23(42-44)30(34,35)36)26-16-22(20-9-5-2-6-10-20)18-28(41-26)45-14-12-24(43-45)31(37,38)39/h1-18H. The summed E-state index contributed by atoms with van der Waals surface area (Å²) in [5, 5.41) is 6.95. The molecule has 4 aromatic heterocycles. The van der Waals surface area contributed by atoms with Crippen LogP contribution in [0.25, 0.3) is 33.9 Å². The minimum absolute atomic E-state index is 0.195. The van der Waals surface area contributed by atoms with Gasteiger partial charge in [-0.05, 0) is 58.7 Å². The van der Waals surface area contributed by atoms with Crippen LogP contribution in [0.1, 0.15) is 22.8 Å². The number of aromatic nitrogens is 6. The van der Waals surface area contributed by atoms with Crippen LogP contribution in [0.5, 0.6) is 0 Å². The molecule has 0 aliphatic carbocycles. The molecule has 0 saturated heterocycles. The van der Waals surface area contributed by atoms with E-state index in [1.807, 2.05) is 0 Å². The normalized spacial score (nSPS) is 12.4. The molecule has 14 heteroatoms. The lowest BCUT2D eigenvalue weighted by Gasteiger charge is -2.19. The van der Waals surface area contributed by atoms with Crippen molar-refractivity contribution in [1.82, 2.24) is 29.5 Å². The molecular weight excluding hydrogens is 608 g/mol. The number of hydrogen-bond acceptors (Lipinski definition) is 4. The van der Waals surface area contributed by atoms with Gasteiger partial charge < -0.3 is 0 Å². The first-order chi connectivity index (χ1) is 21.3. The summed E-state index contributed by atoms with van der Waals surface area (Å²) in [4.78, 5) is 7.97. The second-order valence-electron chi connectivity index (χ2n) is 9.79. The number of benzene rings is 2. The molecule has 6 rings (SSSR count). The van der Waals surface area contributed by atoms with Gasteiger partial charge in [-0.3, -0.25) is 0 Å². The third kappa shape index (κ3) is 6.03. The Morgan fingerprint density at radius 2 is 0.800 bits per heavy atom. The summed E-state index contributed by atoms with van der Waals surface area (Å²) < 4.78 is 114. The van der Waals surface area contributed by atoms with Gasteiger partial charge in [0.25, 0.3) is 0 Å². The van der Waals surface area contributed by atoms with Crippen LogP contribution >= 0.6 is 0 Å². The van der Waals surface area contributed by atoms with E-state index in [0.717, 1.165) is 33.9 Å². The number of nitrogens with zero attached hydrogens (tertiary/aromatic N) is 6. The maximum atomic E-state index is 16.5. The lowest BCUT2D eigenvalue weighted by Crippen LogP contribution is -2.21. The van der Waals surface area contributed by atoms with Gasteiger partial charge in [0, 0.05) is 12.4 Å². The first-order valence-corrected chi connectivity index (χ1v) is 13.1. The van der Waals surface area contributed by atoms with Crippen LogP contribution in [-0.2, 0) is 18.3 Å². The molecular formula is C31H18F8N6. The number of rotatable bonds is 6. The smallest absolute Gasteiger partial charge is 0.227 e. The van der Waals surface area contributed by atoms with Crippen LogP contribution in [0.3, 0.4) is 0 Å². The lowest BCUT2D eigenvalue weighted by molar-refractivity contribution is -0.142. The first-order valence-electron chi connectivity index (χ1n) is 13.1. The Hall–Kier alpha value is -5.40. The molecule has 0 atom stereocenters. The summed E-state index contributed by atoms with van der Waals surface area (Å²) in [5.74, 6) is -4.66. The van der Waals surface area contributed by atoms with Crippen molar-refractivity contribution in [2.75, 3.05) is 0 Å². The molecule has 0 saturated carbocycles. The van der Waals surface area contributed by atoms with Crippen molar-refractivity contribution in [1.29, 1.82) is 0 Å². The molecule has 0 bridgehead atoms. The van der Waals surface area contributed by atoms with E-state index in [-0.39, 0.29) is 22.8 Å². The molecule has 0 fully saturated rings. The molecule has 0 aliphatic rings. The highest BCUT2D eigenvalue weighted by Gasteiger charge is 2.40. The summed E-state index contributed by atoms with van der Waals surface area (Å²) in [5.41, 5.74) is -2.95. The molecule has 0 spiro atoms. The number of pyridine rings is 2.